The van der Waals surface area contributed by atoms with Crippen molar-refractivity contribution >= 4 is 0 Å². The first-order chi connectivity index (χ1) is 5.31. The Bertz CT molecular complexity index is 75.7. The molecular formula is C8H21N3. The van der Waals surface area contributed by atoms with Gasteiger partial charge in [0.1, 0.15) is 0 Å². The van der Waals surface area contributed by atoms with E-state index in [4.69, 9.17) is 5.73 Å². The lowest BCUT2D eigenvalue weighted by molar-refractivity contribution is 0.519. The zero-order valence-corrected chi connectivity index (χ0v) is 7.69. The molecule has 0 fully saturated rings. The predicted molar refractivity (Wildman–Crippen MR) is 49.7 cm³/mol. The molecule has 0 spiro atoms. The van der Waals surface area contributed by atoms with Gasteiger partial charge in [0.2, 0.25) is 0 Å². The fraction of sp³-hybridized carbons (Fsp3) is 1.00. The van der Waals surface area contributed by atoms with Crippen LogP contribution in [0.5, 0.6) is 0 Å². The minimum absolute atomic E-state index is 0.634. The molecule has 0 aliphatic heterocycles. The molecule has 0 bridgehead atoms. The summed E-state index contributed by atoms with van der Waals surface area (Å²) in [4.78, 5) is 0. The molecule has 0 saturated carbocycles. The van der Waals surface area contributed by atoms with Crippen LogP contribution >= 0.6 is 0 Å². The van der Waals surface area contributed by atoms with E-state index in [0.29, 0.717) is 6.04 Å². The molecule has 3 heteroatoms. The molecular weight excluding hydrogens is 138 g/mol. The van der Waals surface area contributed by atoms with Crippen LogP contribution in [0.15, 0.2) is 0 Å². The van der Waals surface area contributed by atoms with Crippen molar-refractivity contribution in [3.8, 4) is 0 Å². The van der Waals surface area contributed by atoms with Crippen LogP contribution in [0.3, 0.4) is 0 Å². The second-order valence-electron chi connectivity index (χ2n) is 2.80. The van der Waals surface area contributed by atoms with Gasteiger partial charge in [-0.2, -0.15) is 0 Å². The van der Waals surface area contributed by atoms with E-state index in [0.717, 1.165) is 26.2 Å². The smallest absolute Gasteiger partial charge is 0.00792 e. The van der Waals surface area contributed by atoms with Crippen LogP contribution in [0, 0.1) is 0 Å². The van der Waals surface area contributed by atoms with E-state index in [2.05, 4.69) is 24.5 Å². The summed E-state index contributed by atoms with van der Waals surface area (Å²) in [5.41, 5.74) is 5.31. The molecule has 68 valence electrons. The zero-order chi connectivity index (χ0) is 8.53. The molecule has 0 heterocycles. The van der Waals surface area contributed by atoms with Gasteiger partial charge in [0.05, 0.1) is 0 Å². The summed E-state index contributed by atoms with van der Waals surface area (Å²) in [5, 5.41) is 6.61. The SMILES string of the molecule is CCC(C)NCCNCCN. The van der Waals surface area contributed by atoms with Crippen molar-refractivity contribution in [1.29, 1.82) is 0 Å². The molecule has 0 saturated heterocycles. The van der Waals surface area contributed by atoms with Gasteiger partial charge in [-0.3, -0.25) is 0 Å². The normalized spacial score (nSPS) is 13.4. The largest absolute Gasteiger partial charge is 0.329 e. The molecule has 0 aromatic carbocycles. The molecule has 0 amide bonds. The third-order valence-corrected chi connectivity index (χ3v) is 1.73. The predicted octanol–water partition coefficient (Wildman–Crippen LogP) is -0.0772. The van der Waals surface area contributed by atoms with Gasteiger partial charge < -0.3 is 16.4 Å². The van der Waals surface area contributed by atoms with Crippen LogP contribution in [0.4, 0.5) is 0 Å². The minimum atomic E-state index is 0.634. The van der Waals surface area contributed by atoms with Crippen molar-refractivity contribution in [1.82, 2.24) is 10.6 Å². The van der Waals surface area contributed by atoms with Gasteiger partial charge in [-0.05, 0) is 13.3 Å². The Balaban J connectivity index is 2.89. The summed E-state index contributed by atoms with van der Waals surface area (Å²) in [6, 6.07) is 0.634. The Labute approximate surface area is 69.7 Å². The van der Waals surface area contributed by atoms with E-state index >= 15 is 0 Å². The average Bonchev–Trinajstić information content (AvgIpc) is 2.04. The van der Waals surface area contributed by atoms with Crippen molar-refractivity contribution in [3.05, 3.63) is 0 Å². The van der Waals surface area contributed by atoms with Crippen molar-refractivity contribution < 1.29 is 0 Å². The van der Waals surface area contributed by atoms with Crippen molar-refractivity contribution in [2.75, 3.05) is 26.2 Å². The van der Waals surface area contributed by atoms with E-state index in [1.807, 2.05) is 0 Å². The Hall–Kier alpha value is -0.120. The Morgan fingerprint density at radius 2 is 2.00 bits per heavy atom. The summed E-state index contributed by atoms with van der Waals surface area (Å²) in [6.07, 6.45) is 1.19. The third-order valence-electron chi connectivity index (χ3n) is 1.73. The number of hydrogen-bond acceptors (Lipinski definition) is 3. The van der Waals surface area contributed by atoms with Crippen LogP contribution in [-0.4, -0.2) is 32.2 Å². The number of nitrogens with one attached hydrogen (secondary N) is 2. The summed E-state index contributed by atoms with van der Waals surface area (Å²) < 4.78 is 0. The molecule has 1 atom stereocenters. The van der Waals surface area contributed by atoms with Gasteiger partial charge in [-0.15, -0.1) is 0 Å². The molecule has 0 rings (SSSR count). The second-order valence-corrected chi connectivity index (χ2v) is 2.80. The minimum Gasteiger partial charge on any atom is -0.329 e. The summed E-state index contributed by atoms with van der Waals surface area (Å²) in [7, 11) is 0. The first-order valence-electron chi connectivity index (χ1n) is 4.45. The van der Waals surface area contributed by atoms with Gasteiger partial charge in [0.15, 0.2) is 0 Å². The first kappa shape index (κ1) is 10.9. The van der Waals surface area contributed by atoms with Crippen LogP contribution in [0.1, 0.15) is 20.3 Å². The van der Waals surface area contributed by atoms with Gasteiger partial charge in [-0.25, -0.2) is 0 Å². The van der Waals surface area contributed by atoms with Gasteiger partial charge in [0, 0.05) is 32.2 Å². The second kappa shape index (κ2) is 7.98. The molecule has 1 unspecified atom stereocenters. The third kappa shape index (κ3) is 7.78. The Morgan fingerprint density at radius 1 is 1.27 bits per heavy atom. The van der Waals surface area contributed by atoms with Gasteiger partial charge >= 0.3 is 0 Å². The fourth-order valence-electron chi connectivity index (χ4n) is 0.778. The van der Waals surface area contributed by atoms with E-state index in [1.165, 1.54) is 6.42 Å². The molecule has 3 nitrogen and oxygen atoms in total. The highest BCUT2D eigenvalue weighted by molar-refractivity contribution is 4.58. The van der Waals surface area contributed by atoms with Gasteiger partial charge in [0.25, 0.3) is 0 Å². The topological polar surface area (TPSA) is 50.1 Å². The van der Waals surface area contributed by atoms with E-state index in [9.17, 15) is 0 Å². The van der Waals surface area contributed by atoms with Crippen LogP contribution < -0.4 is 16.4 Å². The lowest BCUT2D eigenvalue weighted by atomic mass is 10.3. The van der Waals surface area contributed by atoms with E-state index < -0.39 is 0 Å². The number of hydrogen-bond donors (Lipinski definition) is 3. The lowest BCUT2D eigenvalue weighted by Gasteiger charge is -2.10. The van der Waals surface area contributed by atoms with Crippen molar-refractivity contribution in [2.24, 2.45) is 5.73 Å². The maximum atomic E-state index is 5.31. The monoisotopic (exact) mass is 159 g/mol. The molecule has 4 N–H and O–H groups in total. The molecule has 0 aromatic heterocycles. The van der Waals surface area contributed by atoms with Gasteiger partial charge in [-0.1, -0.05) is 6.92 Å². The van der Waals surface area contributed by atoms with E-state index in [1.54, 1.807) is 0 Å². The number of nitrogens with two attached hydrogens (primary N) is 1. The van der Waals surface area contributed by atoms with Crippen LogP contribution in [0.25, 0.3) is 0 Å². The molecule has 0 aliphatic rings. The highest BCUT2D eigenvalue weighted by atomic mass is 15.0. The van der Waals surface area contributed by atoms with Crippen molar-refractivity contribution in [3.63, 3.8) is 0 Å². The fourth-order valence-corrected chi connectivity index (χ4v) is 0.778. The number of rotatable bonds is 7. The van der Waals surface area contributed by atoms with Crippen LogP contribution in [-0.2, 0) is 0 Å². The molecule has 0 aliphatic carbocycles. The quantitative estimate of drug-likeness (QED) is 0.456. The zero-order valence-electron chi connectivity index (χ0n) is 7.69. The lowest BCUT2D eigenvalue weighted by Crippen LogP contribution is -2.34. The van der Waals surface area contributed by atoms with E-state index in [-0.39, 0.29) is 0 Å². The summed E-state index contributed by atoms with van der Waals surface area (Å²) >= 11 is 0. The highest BCUT2D eigenvalue weighted by Gasteiger charge is 1.94. The van der Waals surface area contributed by atoms with Crippen LogP contribution in [0.2, 0.25) is 0 Å². The first-order valence-corrected chi connectivity index (χ1v) is 4.45. The average molecular weight is 159 g/mol. The summed E-state index contributed by atoms with van der Waals surface area (Å²) in [5.74, 6) is 0. The Kier molecular flexibility index (Phi) is 7.89. The Morgan fingerprint density at radius 3 is 2.55 bits per heavy atom. The summed E-state index contributed by atoms with van der Waals surface area (Å²) in [6.45, 7) is 8.08. The maximum Gasteiger partial charge on any atom is 0.00792 e. The highest BCUT2D eigenvalue weighted by Crippen LogP contribution is 1.84. The molecule has 0 radical (unpaired) electrons. The van der Waals surface area contributed by atoms with Crippen molar-refractivity contribution in [2.45, 2.75) is 26.3 Å². The standard InChI is InChI=1S/C8H21N3/c1-3-8(2)11-7-6-10-5-4-9/h8,10-11H,3-7,9H2,1-2H3. The molecule has 11 heavy (non-hydrogen) atoms. The molecule has 0 aromatic rings. The maximum absolute atomic E-state index is 5.31.